The van der Waals surface area contributed by atoms with E-state index in [1.807, 2.05) is 31.0 Å². The number of nitrogens with one attached hydrogen (secondary N) is 1. The molecule has 1 N–H and O–H groups in total. The van der Waals surface area contributed by atoms with Gasteiger partial charge in [0.05, 0.1) is 19.0 Å². The van der Waals surface area contributed by atoms with Gasteiger partial charge in [0.2, 0.25) is 0 Å². The molecule has 0 saturated heterocycles. The third-order valence-electron chi connectivity index (χ3n) is 2.88. The lowest BCUT2D eigenvalue weighted by molar-refractivity contribution is 0.00889. The second-order valence-corrected chi connectivity index (χ2v) is 4.15. The molecule has 0 aliphatic carbocycles. The number of ether oxygens (including phenoxy) is 1. The number of aliphatic imine (C=N–C) groups is 1. The number of amidine groups is 1. The van der Waals surface area contributed by atoms with E-state index in [9.17, 15) is 4.79 Å². The first-order valence-corrected chi connectivity index (χ1v) is 6.28. The molecule has 0 spiro atoms. The first-order valence-electron chi connectivity index (χ1n) is 6.28. The molecule has 0 radical (unpaired) electrons. The lowest BCUT2D eigenvalue weighted by Gasteiger charge is -2.18. The summed E-state index contributed by atoms with van der Waals surface area (Å²) >= 11 is 0. The van der Waals surface area contributed by atoms with E-state index in [-0.39, 0.29) is 5.91 Å². The molecule has 1 aromatic carbocycles. The summed E-state index contributed by atoms with van der Waals surface area (Å²) in [4.78, 5) is 22.8. The topological polar surface area (TPSA) is 63.2 Å². The highest BCUT2D eigenvalue weighted by molar-refractivity contribution is 5.97. The summed E-state index contributed by atoms with van der Waals surface area (Å²) in [5.74, 6) is 0.612. The van der Waals surface area contributed by atoms with E-state index in [0.29, 0.717) is 18.8 Å². The molecular formula is C14H21N3O3. The molecule has 0 heterocycles. The van der Waals surface area contributed by atoms with E-state index in [4.69, 9.17) is 9.57 Å². The predicted octanol–water partition coefficient (Wildman–Crippen LogP) is 1.48. The highest BCUT2D eigenvalue weighted by Crippen LogP contribution is 2.14. The molecule has 0 atom stereocenters. The average Bonchev–Trinajstić information content (AvgIpc) is 2.50. The highest BCUT2D eigenvalue weighted by atomic mass is 16.7. The number of nitrogens with zero attached hydrogens (tertiary/aromatic N) is 2. The fraction of sp³-hybridized carbons (Fsp3) is 0.429. The number of hydrogen-bond acceptors (Lipinski definition) is 4. The first kappa shape index (κ1) is 16.1. The summed E-state index contributed by atoms with van der Waals surface area (Å²) in [5, 5.41) is 0. The van der Waals surface area contributed by atoms with Crippen molar-refractivity contribution in [1.82, 2.24) is 5.48 Å². The number of rotatable bonds is 6. The minimum atomic E-state index is -0.281. The van der Waals surface area contributed by atoms with Crippen LogP contribution in [-0.2, 0) is 9.57 Å². The molecule has 0 unspecified atom stereocenters. The van der Waals surface area contributed by atoms with Crippen LogP contribution >= 0.6 is 0 Å². The Bertz CT molecular complexity index is 457. The normalized spacial score (nSPS) is 11.3. The third kappa shape index (κ3) is 4.64. The van der Waals surface area contributed by atoms with Gasteiger partial charge in [-0.2, -0.15) is 0 Å². The Kier molecular flexibility index (Phi) is 6.69. The van der Waals surface area contributed by atoms with Gasteiger partial charge >= 0.3 is 0 Å². The van der Waals surface area contributed by atoms with Crippen LogP contribution in [0.2, 0.25) is 0 Å². The number of hydroxylamine groups is 1. The number of benzene rings is 1. The zero-order valence-corrected chi connectivity index (χ0v) is 12.3. The van der Waals surface area contributed by atoms with Gasteiger partial charge < -0.3 is 9.64 Å². The molecule has 6 heteroatoms. The molecule has 20 heavy (non-hydrogen) atoms. The van der Waals surface area contributed by atoms with Crippen molar-refractivity contribution in [3.05, 3.63) is 29.8 Å². The molecule has 1 aromatic rings. The maximum Gasteiger partial charge on any atom is 0.274 e. The Labute approximate surface area is 119 Å². The third-order valence-corrected chi connectivity index (χ3v) is 2.88. The molecule has 0 aromatic heterocycles. The molecule has 0 bridgehead atoms. The fourth-order valence-corrected chi connectivity index (χ4v) is 1.47. The molecule has 6 nitrogen and oxygen atoms in total. The minimum absolute atomic E-state index is 0.281. The van der Waals surface area contributed by atoms with E-state index < -0.39 is 0 Å². The minimum Gasteiger partial charge on any atom is -0.382 e. The second kappa shape index (κ2) is 8.29. The summed E-state index contributed by atoms with van der Waals surface area (Å²) < 4.78 is 4.81. The number of carbonyl (C=O) groups is 1. The van der Waals surface area contributed by atoms with Crippen molar-refractivity contribution in [3.8, 4) is 0 Å². The van der Waals surface area contributed by atoms with Crippen LogP contribution in [0, 0.1) is 0 Å². The highest BCUT2D eigenvalue weighted by Gasteiger charge is 2.07. The molecule has 0 saturated carbocycles. The summed E-state index contributed by atoms with van der Waals surface area (Å²) in [6, 6.07) is 7.20. The van der Waals surface area contributed by atoms with Crippen LogP contribution in [0.4, 0.5) is 5.69 Å². The van der Waals surface area contributed by atoms with Crippen molar-refractivity contribution in [3.63, 3.8) is 0 Å². The van der Waals surface area contributed by atoms with Crippen LogP contribution < -0.4 is 10.4 Å². The van der Waals surface area contributed by atoms with Crippen molar-refractivity contribution in [1.29, 1.82) is 0 Å². The summed E-state index contributed by atoms with van der Waals surface area (Å²) in [7, 11) is 5.23. The molecule has 1 amide bonds. The Balaban J connectivity index is 2.60. The van der Waals surface area contributed by atoms with Crippen molar-refractivity contribution in [2.24, 2.45) is 4.99 Å². The van der Waals surface area contributed by atoms with Gasteiger partial charge in [-0.1, -0.05) is 0 Å². The Morgan fingerprint density at radius 2 is 1.95 bits per heavy atom. The Hall–Kier alpha value is -1.92. The van der Waals surface area contributed by atoms with Crippen LogP contribution in [0.1, 0.15) is 17.3 Å². The smallest absolute Gasteiger partial charge is 0.274 e. The number of hydrogen-bond donors (Lipinski definition) is 1. The van der Waals surface area contributed by atoms with Crippen LogP contribution in [0.25, 0.3) is 0 Å². The van der Waals surface area contributed by atoms with Crippen LogP contribution in [0.3, 0.4) is 0 Å². The molecular weight excluding hydrogens is 258 g/mol. The van der Waals surface area contributed by atoms with Gasteiger partial charge in [0, 0.05) is 32.5 Å². The van der Waals surface area contributed by atoms with Crippen LogP contribution in [0.15, 0.2) is 29.3 Å². The predicted molar refractivity (Wildman–Crippen MR) is 79.2 cm³/mol. The van der Waals surface area contributed by atoms with E-state index in [1.165, 1.54) is 0 Å². The molecule has 0 fully saturated rings. The Morgan fingerprint density at radius 1 is 1.30 bits per heavy atom. The largest absolute Gasteiger partial charge is 0.382 e. The number of anilines is 1. The average molecular weight is 279 g/mol. The zero-order valence-electron chi connectivity index (χ0n) is 12.3. The summed E-state index contributed by atoms with van der Waals surface area (Å²) in [6.45, 7) is 2.67. The quantitative estimate of drug-likeness (QED) is 0.371. The molecule has 1 rings (SSSR count). The fourth-order valence-electron chi connectivity index (χ4n) is 1.47. The van der Waals surface area contributed by atoms with Gasteiger partial charge in [0.15, 0.2) is 0 Å². The number of amides is 1. The van der Waals surface area contributed by atoms with Gasteiger partial charge in [-0.25, -0.2) is 5.48 Å². The lowest BCUT2D eigenvalue weighted by Crippen LogP contribution is -2.26. The number of methoxy groups -OCH3 is 1. The maximum absolute atomic E-state index is 11.8. The zero-order chi connectivity index (χ0) is 15.0. The van der Waals surface area contributed by atoms with Gasteiger partial charge in [0.1, 0.15) is 0 Å². The van der Waals surface area contributed by atoms with E-state index in [0.717, 1.165) is 11.5 Å². The summed E-state index contributed by atoms with van der Waals surface area (Å²) in [5.41, 5.74) is 3.86. The SMILES string of the molecule is CN=C(C)N(C)c1ccc(C(=O)NOCCOC)cc1. The maximum atomic E-state index is 11.8. The standard InChI is InChI=1S/C14H21N3O3/c1-11(15-2)17(3)13-7-5-12(6-8-13)14(18)16-20-10-9-19-4/h5-8H,9-10H2,1-4H3,(H,16,18). The van der Waals surface area contributed by atoms with Gasteiger partial charge in [-0.3, -0.25) is 14.6 Å². The van der Waals surface area contributed by atoms with Gasteiger partial charge in [-0.15, -0.1) is 0 Å². The Morgan fingerprint density at radius 3 is 2.50 bits per heavy atom. The lowest BCUT2D eigenvalue weighted by atomic mass is 10.2. The first-order chi connectivity index (χ1) is 9.60. The van der Waals surface area contributed by atoms with Gasteiger partial charge in [-0.05, 0) is 31.2 Å². The van der Waals surface area contributed by atoms with Crippen molar-refractivity contribution < 1.29 is 14.4 Å². The summed E-state index contributed by atoms with van der Waals surface area (Å²) in [6.07, 6.45) is 0. The van der Waals surface area contributed by atoms with Gasteiger partial charge in [0.25, 0.3) is 5.91 Å². The van der Waals surface area contributed by atoms with Crippen molar-refractivity contribution in [2.75, 3.05) is 39.3 Å². The van der Waals surface area contributed by atoms with Crippen molar-refractivity contribution >= 4 is 17.4 Å². The van der Waals surface area contributed by atoms with E-state index >= 15 is 0 Å². The molecule has 0 aliphatic heterocycles. The molecule has 110 valence electrons. The monoisotopic (exact) mass is 279 g/mol. The van der Waals surface area contributed by atoms with E-state index in [2.05, 4.69) is 10.5 Å². The molecule has 0 aliphatic rings. The number of carbonyl (C=O) groups excluding carboxylic acids is 1. The van der Waals surface area contributed by atoms with Crippen molar-refractivity contribution in [2.45, 2.75) is 6.92 Å². The van der Waals surface area contributed by atoms with E-state index in [1.54, 1.807) is 26.3 Å². The van der Waals surface area contributed by atoms with Crippen LogP contribution in [-0.4, -0.2) is 46.2 Å². The second-order valence-electron chi connectivity index (χ2n) is 4.15. The van der Waals surface area contributed by atoms with Crippen LogP contribution in [0.5, 0.6) is 0 Å².